The van der Waals surface area contributed by atoms with Gasteiger partial charge in [0.05, 0.1) is 11.3 Å². The molecule has 1 unspecified atom stereocenters. The van der Waals surface area contributed by atoms with Gasteiger partial charge in [-0.25, -0.2) is 13.4 Å². The highest BCUT2D eigenvalue weighted by Crippen LogP contribution is 2.27. The molecule has 0 aliphatic carbocycles. The molecule has 1 aliphatic rings. The number of hydrogen-bond donors (Lipinski definition) is 1. The number of rotatable bonds is 3. The first kappa shape index (κ1) is 12.6. The number of β-lactam (4-membered cyclic amide) rings is 1. The van der Waals surface area contributed by atoms with Gasteiger partial charge in [-0.05, 0) is 12.1 Å². The largest absolute Gasteiger partial charge is 0.274 e. The SMILES string of the molecule is CC(=O)NN1C(=O)CC1S(=O)(=O)c1ccccc1. The van der Waals surface area contributed by atoms with Crippen LogP contribution < -0.4 is 5.43 Å². The minimum absolute atomic E-state index is 0.114. The maximum atomic E-state index is 12.2. The molecule has 1 N–H and O–H groups in total. The average Bonchev–Trinajstić information content (AvgIpc) is 2.34. The summed E-state index contributed by atoms with van der Waals surface area (Å²) in [4.78, 5) is 22.3. The molecule has 1 saturated heterocycles. The van der Waals surface area contributed by atoms with E-state index in [4.69, 9.17) is 0 Å². The molecular formula is C11H12N2O4S. The van der Waals surface area contributed by atoms with Crippen molar-refractivity contribution in [3.8, 4) is 0 Å². The van der Waals surface area contributed by atoms with E-state index in [1.165, 1.54) is 19.1 Å². The molecule has 2 amide bonds. The lowest BCUT2D eigenvalue weighted by Gasteiger charge is -2.38. The van der Waals surface area contributed by atoms with Gasteiger partial charge in [0.25, 0.3) is 0 Å². The van der Waals surface area contributed by atoms with Gasteiger partial charge in [-0.1, -0.05) is 18.2 Å². The van der Waals surface area contributed by atoms with Crippen LogP contribution in [0, 0.1) is 0 Å². The lowest BCUT2D eigenvalue weighted by molar-refractivity contribution is -0.151. The van der Waals surface area contributed by atoms with Crippen molar-refractivity contribution >= 4 is 21.7 Å². The van der Waals surface area contributed by atoms with Crippen molar-refractivity contribution in [1.29, 1.82) is 0 Å². The number of hydrazine groups is 1. The number of sulfone groups is 1. The summed E-state index contributed by atoms with van der Waals surface area (Å²) >= 11 is 0. The Kier molecular flexibility index (Phi) is 3.08. The number of hydrogen-bond acceptors (Lipinski definition) is 4. The molecule has 1 aromatic carbocycles. The molecule has 7 heteroatoms. The van der Waals surface area contributed by atoms with E-state index < -0.39 is 27.0 Å². The molecule has 2 rings (SSSR count). The number of carbonyl (C=O) groups excluding carboxylic acids is 2. The molecule has 18 heavy (non-hydrogen) atoms. The molecule has 0 saturated carbocycles. The Morgan fingerprint density at radius 1 is 1.33 bits per heavy atom. The predicted octanol–water partition coefficient (Wildman–Crippen LogP) is 0.0698. The van der Waals surface area contributed by atoms with E-state index in [9.17, 15) is 18.0 Å². The van der Waals surface area contributed by atoms with Crippen molar-refractivity contribution in [2.45, 2.75) is 23.6 Å². The second-order valence-electron chi connectivity index (χ2n) is 3.95. The molecule has 6 nitrogen and oxygen atoms in total. The molecular weight excluding hydrogens is 256 g/mol. The predicted molar refractivity (Wildman–Crippen MR) is 62.7 cm³/mol. The lowest BCUT2D eigenvalue weighted by Crippen LogP contribution is -2.63. The number of nitrogens with one attached hydrogen (secondary N) is 1. The molecule has 0 bridgehead atoms. The highest BCUT2D eigenvalue weighted by molar-refractivity contribution is 7.92. The standard InChI is InChI=1S/C11H12N2O4S/c1-8(14)12-13-10(15)7-11(13)18(16,17)9-5-3-2-4-6-9/h2-6,11H,7H2,1H3,(H,12,14). The van der Waals surface area contributed by atoms with Crippen molar-refractivity contribution in [3.05, 3.63) is 30.3 Å². The van der Waals surface area contributed by atoms with E-state index in [0.717, 1.165) is 5.01 Å². The van der Waals surface area contributed by atoms with Crippen LogP contribution in [0.3, 0.4) is 0 Å². The van der Waals surface area contributed by atoms with Crippen LogP contribution in [0.5, 0.6) is 0 Å². The second kappa shape index (κ2) is 4.41. The smallest absolute Gasteiger partial charge is 0.245 e. The van der Waals surface area contributed by atoms with Gasteiger partial charge in [0.1, 0.15) is 0 Å². The first-order chi connectivity index (χ1) is 8.43. The molecule has 0 aromatic heterocycles. The third kappa shape index (κ3) is 2.08. The summed E-state index contributed by atoms with van der Waals surface area (Å²) in [6.07, 6.45) is -0.114. The maximum Gasteiger partial charge on any atom is 0.245 e. The van der Waals surface area contributed by atoms with Crippen LogP contribution in [0.2, 0.25) is 0 Å². The van der Waals surface area contributed by atoms with Crippen molar-refractivity contribution in [3.63, 3.8) is 0 Å². The molecule has 1 aromatic rings. The molecule has 1 fully saturated rings. The third-order valence-corrected chi connectivity index (χ3v) is 4.64. The minimum Gasteiger partial charge on any atom is -0.274 e. The van der Waals surface area contributed by atoms with Gasteiger partial charge in [-0.3, -0.25) is 15.0 Å². The fourth-order valence-corrected chi connectivity index (χ4v) is 3.37. The average molecular weight is 268 g/mol. The Balaban J connectivity index is 2.27. The highest BCUT2D eigenvalue weighted by atomic mass is 32.2. The number of amides is 2. The van der Waals surface area contributed by atoms with Gasteiger partial charge in [0, 0.05) is 6.92 Å². The fraction of sp³-hybridized carbons (Fsp3) is 0.273. The zero-order valence-corrected chi connectivity index (χ0v) is 10.5. The van der Waals surface area contributed by atoms with Crippen LogP contribution in [0.15, 0.2) is 35.2 Å². The summed E-state index contributed by atoms with van der Waals surface area (Å²) in [7, 11) is -3.64. The summed E-state index contributed by atoms with van der Waals surface area (Å²) in [5, 5.41) is -0.152. The molecule has 0 radical (unpaired) electrons. The van der Waals surface area contributed by atoms with Crippen molar-refractivity contribution in [1.82, 2.24) is 10.4 Å². The topological polar surface area (TPSA) is 83.6 Å². The lowest BCUT2D eigenvalue weighted by atomic mass is 10.2. The third-order valence-electron chi connectivity index (χ3n) is 2.61. The maximum absolute atomic E-state index is 12.2. The van der Waals surface area contributed by atoms with Crippen molar-refractivity contribution in [2.24, 2.45) is 0 Å². The van der Waals surface area contributed by atoms with Gasteiger partial charge in [-0.15, -0.1) is 0 Å². The first-order valence-electron chi connectivity index (χ1n) is 5.31. The molecule has 1 heterocycles. The number of carbonyl (C=O) groups is 2. The van der Waals surface area contributed by atoms with Crippen LogP contribution in [0.4, 0.5) is 0 Å². The van der Waals surface area contributed by atoms with E-state index in [1.54, 1.807) is 18.2 Å². The van der Waals surface area contributed by atoms with Gasteiger partial charge < -0.3 is 0 Å². The zero-order valence-electron chi connectivity index (χ0n) is 9.66. The number of nitrogens with zero attached hydrogens (tertiary/aromatic N) is 1. The molecule has 1 aliphatic heterocycles. The summed E-state index contributed by atoms with van der Waals surface area (Å²) in [5.74, 6) is -0.883. The molecule has 0 spiro atoms. The van der Waals surface area contributed by atoms with E-state index >= 15 is 0 Å². The summed E-state index contributed by atoms with van der Waals surface area (Å²) in [6, 6.07) is 7.84. The summed E-state index contributed by atoms with van der Waals surface area (Å²) < 4.78 is 24.4. The Labute approximate surface area is 104 Å². The van der Waals surface area contributed by atoms with Crippen molar-refractivity contribution < 1.29 is 18.0 Å². The van der Waals surface area contributed by atoms with Crippen LogP contribution in [-0.2, 0) is 19.4 Å². The number of benzene rings is 1. The Bertz CT molecular complexity index is 582. The van der Waals surface area contributed by atoms with Gasteiger partial charge in [0.15, 0.2) is 5.37 Å². The fourth-order valence-electron chi connectivity index (χ4n) is 1.71. The van der Waals surface area contributed by atoms with Crippen LogP contribution in [0.1, 0.15) is 13.3 Å². The monoisotopic (exact) mass is 268 g/mol. The van der Waals surface area contributed by atoms with E-state index in [1.807, 2.05) is 0 Å². The van der Waals surface area contributed by atoms with Crippen LogP contribution in [-0.4, -0.2) is 30.6 Å². The van der Waals surface area contributed by atoms with Crippen LogP contribution in [0.25, 0.3) is 0 Å². The normalized spacial score (nSPS) is 19.3. The molecule has 96 valence electrons. The Morgan fingerprint density at radius 2 is 1.94 bits per heavy atom. The van der Waals surface area contributed by atoms with E-state index in [2.05, 4.69) is 5.43 Å². The first-order valence-corrected chi connectivity index (χ1v) is 6.86. The quantitative estimate of drug-likeness (QED) is 0.786. The highest BCUT2D eigenvalue weighted by Gasteiger charge is 2.46. The van der Waals surface area contributed by atoms with Gasteiger partial charge >= 0.3 is 0 Å². The second-order valence-corrected chi connectivity index (χ2v) is 6.05. The van der Waals surface area contributed by atoms with E-state index in [-0.39, 0.29) is 11.3 Å². The molecule has 1 atom stereocenters. The summed E-state index contributed by atoms with van der Waals surface area (Å²) in [5.41, 5.74) is 2.22. The van der Waals surface area contributed by atoms with Crippen molar-refractivity contribution in [2.75, 3.05) is 0 Å². The van der Waals surface area contributed by atoms with Crippen LogP contribution >= 0.6 is 0 Å². The van der Waals surface area contributed by atoms with Gasteiger partial charge in [-0.2, -0.15) is 0 Å². The van der Waals surface area contributed by atoms with E-state index in [0.29, 0.717) is 0 Å². The Hall–Kier alpha value is -1.89. The minimum atomic E-state index is -3.64. The zero-order chi connectivity index (χ0) is 13.3. The van der Waals surface area contributed by atoms with Gasteiger partial charge in [0.2, 0.25) is 21.7 Å². The summed E-state index contributed by atoms with van der Waals surface area (Å²) in [6.45, 7) is 1.22. The Morgan fingerprint density at radius 3 is 2.44 bits per heavy atom.